The summed E-state index contributed by atoms with van der Waals surface area (Å²) >= 11 is 0. The van der Waals surface area contributed by atoms with E-state index in [-0.39, 0.29) is 17.4 Å². The minimum absolute atomic E-state index is 0.118. The van der Waals surface area contributed by atoms with E-state index in [0.29, 0.717) is 24.7 Å². The number of piperidine rings is 1. The Morgan fingerprint density at radius 3 is 1.98 bits per heavy atom. The number of hydrogen-bond donors (Lipinski definition) is 1. The molecule has 4 heterocycles. The smallest absolute Gasteiger partial charge is 0.231 e. The van der Waals surface area contributed by atoms with E-state index in [1.807, 2.05) is 26.0 Å². The lowest BCUT2D eigenvalue weighted by Crippen LogP contribution is -2.49. The first-order valence-electron chi connectivity index (χ1n) is 23.6. The topological polar surface area (TPSA) is 75.7 Å². The third-order valence-electron chi connectivity index (χ3n) is 13.8. The van der Waals surface area contributed by atoms with Crippen LogP contribution in [0.2, 0.25) is 0 Å². The predicted octanol–water partition coefficient (Wildman–Crippen LogP) is 8.62. The van der Waals surface area contributed by atoms with Gasteiger partial charge in [0.05, 0.1) is 12.0 Å². The van der Waals surface area contributed by atoms with Crippen LogP contribution in [0.15, 0.2) is 48.5 Å². The molecule has 1 aliphatic carbocycles. The Morgan fingerprint density at radius 1 is 0.814 bits per heavy atom. The van der Waals surface area contributed by atoms with Crippen molar-refractivity contribution in [3.63, 3.8) is 0 Å². The van der Waals surface area contributed by atoms with Crippen LogP contribution in [0.3, 0.4) is 0 Å². The molecule has 0 aromatic heterocycles. The molecule has 4 saturated heterocycles. The number of benzene rings is 2. The molecule has 1 N–H and O–H groups in total. The van der Waals surface area contributed by atoms with Crippen molar-refractivity contribution in [1.82, 2.24) is 20.0 Å². The maximum absolute atomic E-state index is 13.0. The zero-order valence-electron chi connectivity index (χ0n) is 37.9. The number of nitrogens with zero attached hydrogens (tertiary/aromatic N) is 3. The zero-order chi connectivity index (χ0) is 41.7. The highest BCUT2D eigenvalue weighted by atomic mass is 16.5. The number of amides is 1. The summed E-state index contributed by atoms with van der Waals surface area (Å²) in [5.41, 5.74) is 2.60. The van der Waals surface area contributed by atoms with Gasteiger partial charge in [-0.25, -0.2) is 0 Å². The molecule has 0 radical (unpaired) electrons. The summed E-state index contributed by atoms with van der Waals surface area (Å²) in [6, 6.07) is 18.2. The van der Waals surface area contributed by atoms with E-state index < -0.39 is 5.41 Å². The van der Waals surface area contributed by atoms with Crippen molar-refractivity contribution in [2.45, 2.75) is 147 Å². The summed E-state index contributed by atoms with van der Waals surface area (Å²) in [6.45, 7) is 23.1. The van der Waals surface area contributed by atoms with E-state index in [9.17, 15) is 4.79 Å². The van der Waals surface area contributed by atoms with Gasteiger partial charge in [0.15, 0.2) is 0 Å². The number of likely N-dealkylation sites (N-methyl/N-ethyl adjacent to an activating group) is 1. The number of rotatable bonds is 16. The summed E-state index contributed by atoms with van der Waals surface area (Å²) in [4.78, 5) is 20.8. The lowest BCUT2D eigenvalue weighted by Gasteiger charge is -2.41. The maximum Gasteiger partial charge on any atom is 0.231 e. The Morgan fingerprint density at radius 2 is 1.41 bits per heavy atom. The van der Waals surface area contributed by atoms with Crippen molar-refractivity contribution in [2.75, 3.05) is 85.9 Å². The molecule has 0 bridgehead atoms. The molecule has 0 atom stereocenters. The third-order valence-corrected chi connectivity index (χ3v) is 13.8. The number of likely N-dealkylation sites (tertiary alicyclic amines) is 2. The normalized spacial score (nSPS) is 21.8. The van der Waals surface area contributed by atoms with Crippen LogP contribution in [-0.2, 0) is 25.1 Å². The van der Waals surface area contributed by atoms with Gasteiger partial charge in [-0.3, -0.25) is 4.79 Å². The Kier molecular flexibility index (Phi) is 17.0. The fraction of sp³-hybridized carbons (Fsp3) is 0.740. The van der Waals surface area contributed by atoms with E-state index >= 15 is 0 Å². The molecule has 2 aromatic carbocycles. The van der Waals surface area contributed by atoms with Gasteiger partial charge in [-0.1, -0.05) is 51.5 Å². The van der Waals surface area contributed by atoms with E-state index in [2.05, 4.69) is 84.2 Å². The Labute approximate surface area is 358 Å². The monoisotopic (exact) mass is 817 g/mol. The zero-order valence-corrected chi connectivity index (χ0v) is 37.9. The van der Waals surface area contributed by atoms with Crippen LogP contribution in [0, 0.1) is 5.41 Å². The van der Waals surface area contributed by atoms with Crippen LogP contribution < -0.4 is 14.8 Å². The molecule has 330 valence electrons. The van der Waals surface area contributed by atoms with Crippen LogP contribution in [0.1, 0.15) is 129 Å². The lowest BCUT2D eigenvalue weighted by atomic mass is 9.73. The van der Waals surface area contributed by atoms with Crippen molar-refractivity contribution < 1.29 is 23.7 Å². The van der Waals surface area contributed by atoms with Gasteiger partial charge in [-0.05, 0) is 158 Å². The molecule has 4 aliphatic heterocycles. The van der Waals surface area contributed by atoms with Crippen molar-refractivity contribution >= 4 is 5.91 Å². The Bertz CT molecular complexity index is 1510. The fourth-order valence-corrected chi connectivity index (χ4v) is 9.73. The second kappa shape index (κ2) is 21.9. The first-order valence-corrected chi connectivity index (χ1v) is 23.6. The van der Waals surface area contributed by atoms with Crippen molar-refractivity contribution in [2.24, 2.45) is 5.41 Å². The number of hydrogen-bond acceptors (Lipinski definition) is 8. The minimum atomic E-state index is -0.491. The highest BCUT2D eigenvalue weighted by Gasteiger charge is 2.42. The number of carbonyl (C=O) groups is 1. The van der Waals surface area contributed by atoms with Crippen LogP contribution in [0.25, 0.3) is 0 Å². The molecule has 9 nitrogen and oxygen atoms in total. The second-order valence-corrected chi connectivity index (χ2v) is 20.0. The molecule has 0 spiro atoms. The molecule has 9 heteroatoms. The summed E-state index contributed by atoms with van der Waals surface area (Å²) < 4.78 is 23.6. The molecule has 0 unspecified atom stereocenters. The standard InChI is InChI=1S/C26H44N2O2.C24H36N2O3/c1-25(2,3)12-18-27(4)22-26(13-20-29-21-14-26)23-8-10-24(11-9-23)30-19-7-17-28-15-5-6-16-28;1-18(2)25-23(27)24(12-16-28-17-13-24)19-6-8-21(9-7-19)29-22-10-14-26(15-11-22)20-4-3-5-20/h8-11H,5-7,12-22H2,1-4H3;6-9,18,20,22H,3-5,10-17H2,1-2H3,(H,25,27). The van der Waals surface area contributed by atoms with E-state index in [0.717, 1.165) is 114 Å². The van der Waals surface area contributed by atoms with Crippen LogP contribution in [-0.4, -0.2) is 125 Å². The molecule has 1 saturated carbocycles. The minimum Gasteiger partial charge on any atom is -0.494 e. The van der Waals surface area contributed by atoms with Crippen LogP contribution in [0.4, 0.5) is 0 Å². The SMILES string of the molecule is CC(C)NC(=O)C1(c2ccc(OC3CCN(C4CCC4)CC3)cc2)CCOCC1.CN(CCC(C)(C)C)CC1(c2ccc(OCCCN3CCCC3)cc2)CCOCC1. The molecule has 5 fully saturated rings. The number of carbonyl (C=O) groups excluding carboxylic acids is 1. The molecular formula is C50H80N4O5. The number of ether oxygens (including phenoxy) is 4. The lowest BCUT2D eigenvalue weighted by molar-refractivity contribution is -0.131. The Hall–Kier alpha value is -2.69. The van der Waals surface area contributed by atoms with Gasteiger partial charge < -0.3 is 39.0 Å². The maximum atomic E-state index is 13.0. The second-order valence-electron chi connectivity index (χ2n) is 20.0. The molecule has 7 rings (SSSR count). The van der Waals surface area contributed by atoms with Gasteiger partial charge in [0.1, 0.15) is 17.6 Å². The Balaban J connectivity index is 0.000000198. The van der Waals surface area contributed by atoms with Gasteiger partial charge >= 0.3 is 0 Å². The molecule has 59 heavy (non-hydrogen) atoms. The number of nitrogens with one attached hydrogen (secondary N) is 1. The average molecular weight is 817 g/mol. The largest absolute Gasteiger partial charge is 0.494 e. The summed E-state index contributed by atoms with van der Waals surface area (Å²) in [5, 5.41) is 3.12. The summed E-state index contributed by atoms with van der Waals surface area (Å²) in [5.74, 6) is 2.04. The van der Waals surface area contributed by atoms with E-state index in [1.165, 1.54) is 63.7 Å². The van der Waals surface area contributed by atoms with Crippen LogP contribution >= 0.6 is 0 Å². The highest BCUT2D eigenvalue weighted by molar-refractivity contribution is 5.88. The van der Waals surface area contributed by atoms with Gasteiger partial charge in [0.2, 0.25) is 5.91 Å². The van der Waals surface area contributed by atoms with Crippen molar-refractivity contribution in [3.8, 4) is 11.5 Å². The van der Waals surface area contributed by atoms with Gasteiger partial charge in [0, 0.05) is 70.1 Å². The third kappa shape index (κ3) is 13.4. The quantitative estimate of drug-likeness (QED) is 0.169. The van der Waals surface area contributed by atoms with Crippen molar-refractivity contribution in [3.05, 3.63) is 59.7 Å². The van der Waals surface area contributed by atoms with Crippen molar-refractivity contribution in [1.29, 1.82) is 0 Å². The predicted molar refractivity (Wildman–Crippen MR) is 240 cm³/mol. The van der Waals surface area contributed by atoms with Gasteiger partial charge in [-0.2, -0.15) is 0 Å². The highest BCUT2D eigenvalue weighted by Crippen LogP contribution is 2.38. The average Bonchev–Trinajstić information content (AvgIpc) is 3.74. The fourth-order valence-electron chi connectivity index (χ4n) is 9.73. The summed E-state index contributed by atoms with van der Waals surface area (Å²) in [6.07, 6.45) is 15.4. The van der Waals surface area contributed by atoms with E-state index in [1.54, 1.807) is 0 Å². The molecular weight excluding hydrogens is 737 g/mol. The molecule has 1 amide bonds. The summed E-state index contributed by atoms with van der Waals surface area (Å²) in [7, 11) is 2.28. The van der Waals surface area contributed by atoms with Crippen LogP contribution in [0.5, 0.6) is 11.5 Å². The van der Waals surface area contributed by atoms with Gasteiger partial charge in [-0.15, -0.1) is 0 Å². The first kappa shape index (κ1) is 45.8. The van der Waals surface area contributed by atoms with E-state index in [4.69, 9.17) is 18.9 Å². The molecule has 5 aliphatic rings. The first-order chi connectivity index (χ1) is 28.4. The van der Waals surface area contributed by atoms with Gasteiger partial charge in [0.25, 0.3) is 0 Å². The molecule has 2 aromatic rings.